The lowest BCUT2D eigenvalue weighted by Crippen LogP contribution is -2.22. The second-order valence-electron chi connectivity index (χ2n) is 8.96. The lowest BCUT2D eigenvalue weighted by Gasteiger charge is -2.16. The number of amides is 1. The van der Waals surface area contributed by atoms with E-state index in [0.717, 1.165) is 35.2 Å². The SMILES string of the molecule is O=C(Nc1cnccc1NC(O)C1CC1)c1n[nH]c2ccc(-c3cncc(Oc4ccccc4)c3)cc12. The molecule has 9 heteroatoms. The van der Waals surface area contributed by atoms with Gasteiger partial charge in [-0.3, -0.25) is 19.9 Å². The summed E-state index contributed by atoms with van der Waals surface area (Å²) in [5.74, 6) is 1.18. The van der Waals surface area contributed by atoms with Crippen molar-refractivity contribution in [1.29, 1.82) is 0 Å². The highest BCUT2D eigenvalue weighted by Crippen LogP contribution is 2.34. The number of pyridine rings is 2. The molecule has 37 heavy (non-hydrogen) atoms. The van der Waals surface area contributed by atoms with Gasteiger partial charge in [-0.25, -0.2) is 0 Å². The van der Waals surface area contributed by atoms with Gasteiger partial charge in [0.25, 0.3) is 5.91 Å². The van der Waals surface area contributed by atoms with E-state index in [1.165, 1.54) is 0 Å². The molecule has 4 N–H and O–H groups in total. The number of fused-ring (bicyclic) bond motifs is 1. The number of carbonyl (C=O) groups is 1. The van der Waals surface area contributed by atoms with Crippen LogP contribution in [0.3, 0.4) is 0 Å². The number of para-hydroxylation sites is 1. The molecular formula is C28H24N6O3. The number of carbonyl (C=O) groups excluding carboxylic acids is 1. The van der Waals surface area contributed by atoms with Crippen LogP contribution in [0.5, 0.6) is 11.5 Å². The number of hydrogen-bond donors (Lipinski definition) is 4. The topological polar surface area (TPSA) is 125 Å². The molecule has 1 aliphatic carbocycles. The van der Waals surface area contributed by atoms with Crippen molar-refractivity contribution in [3.05, 3.63) is 91.1 Å². The Morgan fingerprint density at radius 1 is 0.946 bits per heavy atom. The first-order valence-corrected chi connectivity index (χ1v) is 12.0. The highest BCUT2D eigenvalue weighted by Gasteiger charge is 2.30. The van der Waals surface area contributed by atoms with Crippen molar-refractivity contribution in [1.82, 2.24) is 20.2 Å². The zero-order valence-electron chi connectivity index (χ0n) is 19.8. The van der Waals surface area contributed by atoms with Gasteiger partial charge in [0.05, 0.1) is 29.3 Å². The zero-order valence-corrected chi connectivity index (χ0v) is 19.8. The Hall–Kier alpha value is -4.76. The van der Waals surface area contributed by atoms with Gasteiger partial charge in [0.2, 0.25) is 0 Å². The molecule has 2 aromatic carbocycles. The summed E-state index contributed by atoms with van der Waals surface area (Å²) < 4.78 is 5.92. The quantitative estimate of drug-likeness (QED) is 0.219. The number of aliphatic hydroxyl groups excluding tert-OH is 1. The van der Waals surface area contributed by atoms with E-state index in [4.69, 9.17) is 4.74 Å². The van der Waals surface area contributed by atoms with E-state index in [1.54, 1.807) is 30.9 Å². The van der Waals surface area contributed by atoms with Gasteiger partial charge in [0, 0.05) is 29.3 Å². The summed E-state index contributed by atoms with van der Waals surface area (Å²) in [6.45, 7) is 0. The number of nitrogens with zero attached hydrogens (tertiary/aromatic N) is 3. The fourth-order valence-corrected chi connectivity index (χ4v) is 4.11. The number of aliphatic hydroxyl groups is 1. The predicted molar refractivity (Wildman–Crippen MR) is 140 cm³/mol. The summed E-state index contributed by atoms with van der Waals surface area (Å²) in [5, 5.41) is 24.1. The maximum Gasteiger partial charge on any atom is 0.276 e. The highest BCUT2D eigenvalue weighted by molar-refractivity contribution is 6.12. The number of benzene rings is 2. The largest absolute Gasteiger partial charge is 0.456 e. The summed E-state index contributed by atoms with van der Waals surface area (Å²) in [7, 11) is 0. The van der Waals surface area contributed by atoms with Gasteiger partial charge in [-0.1, -0.05) is 24.3 Å². The van der Waals surface area contributed by atoms with Gasteiger partial charge in [0.15, 0.2) is 5.69 Å². The monoisotopic (exact) mass is 492 g/mol. The van der Waals surface area contributed by atoms with Crippen molar-refractivity contribution in [2.75, 3.05) is 10.6 Å². The number of rotatable bonds is 8. The van der Waals surface area contributed by atoms with Crippen LogP contribution < -0.4 is 15.4 Å². The molecule has 1 unspecified atom stereocenters. The predicted octanol–water partition coefficient (Wildman–Crippen LogP) is 5.20. The molecule has 1 atom stereocenters. The molecule has 184 valence electrons. The molecule has 1 amide bonds. The Labute approximate surface area is 212 Å². The van der Waals surface area contributed by atoms with Crippen LogP contribution in [0.2, 0.25) is 0 Å². The van der Waals surface area contributed by atoms with Gasteiger partial charge in [-0.15, -0.1) is 0 Å². The number of H-pyrrole nitrogens is 1. The van der Waals surface area contributed by atoms with E-state index < -0.39 is 6.23 Å². The second kappa shape index (κ2) is 9.71. The van der Waals surface area contributed by atoms with Crippen molar-refractivity contribution in [2.45, 2.75) is 19.1 Å². The van der Waals surface area contributed by atoms with Crippen LogP contribution in [0.15, 0.2) is 85.5 Å². The number of hydrogen-bond acceptors (Lipinski definition) is 7. The third-order valence-electron chi connectivity index (χ3n) is 6.24. The Morgan fingerprint density at radius 2 is 1.81 bits per heavy atom. The van der Waals surface area contributed by atoms with Crippen LogP contribution in [-0.2, 0) is 0 Å². The minimum Gasteiger partial charge on any atom is -0.456 e. The van der Waals surface area contributed by atoms with Gasteiger partial charge < -0.3 is 20.5 Å². The number of anilines is 2. The molecule has 9 nitrogen and oxygen atoms in total. The summed E-state index contributed by atoms with van der Waals surface area (Å²) in [5.41, 5.74) is 3.76. The Balaban J connectivity index is 1.26. The fourth-order valence-electron chi connectivity index (χ4n) is 4.11. The second-order valence-corrected chi connectivity index (χ2v) is 8.96. The molecule has 3 aromatic heterocycles. The third kappa shape index (κ3) is 4.98. The van der Waals surface area contributed by atoms with Gasteiger partial charge in [0.1, 0.15) is 17.7 Å². The molecule has 0 bridgehead atoms. The lowest BCUT2D eigenvalue weighted by atomic mass is 10.0. The minimum atomic E-state index is -0.665. The Morgan fingerprint density at radius 3 is 2.65 bits per heavy atom. The first-order chi connectivity index (χ1) is 18.1. The van der Waals surface area contributed by atoms with Crippen molar-refractivity contribution in [3.8, 4) is 22.6 Å². The maximum absolute atomic E-state index is 13.2. The lowest BCUT2D eigenvalue weighted by molar-refractivity contribution is 0.102. The molecule has 0 aliphatic heterocycles. The Bertz CT molecular complexity index is 1570. The Kier molecular flexibility index (Phi) is 5.95. The van der Waals surface area contributed by atoms with E-state index in [9.17, 15) is 9.90 Å². The van der Waals surface area contributed by atoms with Crippen LogP contribution in [0.25, 0.3) is 22.0 Å². The highest BCUT2D eigenvalue weighted by atomic mass is 16.5. The van der Waals surface area contributed by atoms with Crippen molar-refractivity contribution in [2.24, 2.45) is 5.92 Å². The van der Waals surface area contributed by atoms with E-state index in [1.807, 2.05) is 54.6 Å². The first-order valence-electron chi connectivity index (χ1n) is 12.0. The normalized spacial score (nSPS) is 13.8. The number of aromatic nitrogens is 4. The van der Waals surface area contributed by atoms with E-state index >= 15 is 0 Å². The van der Waals surface area contributed by atoms with E-state index in [0.29, 0.717) is 22.5 Å². The molecule has 3 heterocycles. The third-order valence-corrected chi connectivity index (χ3v) is 6.24. The van der Waals surface area contributed by atoms with Crippen molar-refractivity contribution < 1.29 is 14.6 Å². The molecule has 5 aromatic rings. The summed E-state index contributed by atoms with van der Waals surface area (Å²) in [6.07, 6.45) is 7.87. The molecule has 1 aliphatic rings. The van der Waals surface area contributed by atoms with Crippen LogP contribution in [-0.4, -0.2) is 37.4 Å². The molecule has 1 saturated carbocycles. The van der Waals surface area contributed by atoms with Crippen LogP contribution in [0.4, 0.5) is 11.4 Å². The average Bonchev–Trinajstić information content (AvgIpc) is 3.69. The van der Waals surface area contributed by atoms with Gasteiger partial charge >= 0.3 is 0 Å². The summed E-state index contributed by atoms with van der Waals surface area (Å²) in [4.78, 5) is 21.7. The minimum absolute atomic E-state index is 0.233. The number of ether oxygens (including phenoxy) is 1. The molecule has 1 fully saturated rings. The maximum atomic E-state index is 13.2. The van der Waals surface area contributed by atoms with E-state index in [2.05, 4.69) is 30.8 Å². The van der Waals surface area contributed by atoms with Gasteiger partial charge in [-0.2, -0.15) is 5.10 Å². The number of aromatic amines is 1. The fraction of sp³-hybridized carbons (Fsp3) is 0.143. The molecule has 0 saturated heterocycles. The molecular weight excluding hydrogens is 468 g/mol. The molecule has 0 radical (unpaired) electrons. The molecule has 6 rings (SSSR count). The van der Waals surface area contributed by atoms with Gasteiger partial charge in [-0.05, 0) is 54.8 Å². The first kappa shape index (κ1) is 22.7. The summed E-state index contributed by atoms with van der Waals surface area (Å²) in [6, 6.07) is 18.8. The zero-order chi connectivity index (χ0) is 25.2. The van der Waals surface area contributed by atoms with Crippen LogP contribution in [0.1, 0.15) is 23.3 Å². The standard InChI is InChI=1S/C28H24N6O3/c35-27(17-6-7-17)31-24-10-11-29-16-25(24)32-28(36)26-22-13-18(8-9-23(22)33-34-26)19-12-21(15-30-14-19)37-20-4-2-1-3-5-20/h1-5,8-17,27,35H,6-7H2,(H,29,31)(H,32,36)(H,33,34). The van der Waals surface area contributed by atoms with E-state index in [-0.39, 0.29) is 17.5 Å². The smallest absolute Gasteiger partial charge is 0.276 e. The van der Waals surface area contributed by atoms with Crippen LogP contribution >= 0.6 is 0 Å². The average molecular weight is 493 g/mol. The summed E-state index contributed by atoms with van der Waals surface area (Å²) >= 11 is 0. The number of nitrogens with one attached hydrogen (secondary N) is 3. The van der Waals surface area contributed by atoms with Crippen LogP contribution in [0, 0.1) is 5.92 Å². The molecule has 0 spiro atoms. The van der Waals surface area contributed by atoms with Crippen molar-refractivity contribution >= 4 is 28.2 Å². The van der Waals surface area contributed by atoms with Crippen molar-refractivity contribution in [3.63, 3.8) is 0 Å².